The number of carboxylic acids is 2. The molecule has 3 N–H and O–H groups in total. The minimum Gasteiger partial charge on any atom is -0.491 e. The van der Waals surface area contributed by atoms with Gasteiger partial charge in [0.05, 0.1) is 13.2 Å². The molecule has 1 saturated heterocycles. The molecular weight excluding hydrogens is 364 g/mol. The van der Waals surface area contributed by atoms with E-state index in [1.807, 2.05) is 25.1 Å². The van der Waals surface area contributed by atoms with Crippen molar-refractivity contribution in [2.75, 3.05) is 52.5 Å². The fraction of sp³-hybridized carbons (Fsp3) is 0.529. The predicted octanol–water partition coefficient (Wildman–Crippen LogP) is 1.10. The third-order valence-electron chi connectivity index (χ3n) is 3.57. The Morgan fingerprint density at radius 1 is 1.15 bits per heavy atom. The molecule has 8 nitrogen and oxygen atoms in total. The molecule has 0 amide bonds. The minimum absolute atomic E-state index is 0.572. The van der Waals surface area contributed by atoms with Crippen LogP contribution in [0.2, 0.25) is 5.02 Å². The third kappa shape index (κ3) is 9.57. The smallest absolute Gasteiger partial charge is 0.414 e. The van der Waals surface area contributed by atoms with E-state index in [1.165, 1.54) is 0 Å². The van der Waals surface area contributed by atoms with Gasteiger partial charge in [-0.15, -0.1) is 0 Å². The average molecular weight is 389 g/mol. The lowest BCUT2D eigenvalue weighted by Crippen LogP contribution is -2.44. The zero-order chi connectivity index (χ0) is 19.4. The summed E-state index contributed by atoms with van der Waals surface area (Å²) in [7, 11) is 0. The van der Waals surface area contributed by atoms with Crippen LogP contribution in [-0.4, -0.2) is 79.6 Å². The van der Waals surface area contributed by atoms with Crippen LogP contribution in [0, 0.1) is 6.92 Å². The van der Waals surface area contributed by atoms with E-state index in [1.54, 1.807) is 0 Å². The van der Waals surface area contributed by atoms with Crippen molar-refractivity contribution in [3.8, 4) is 5.75 Å². The normalized spacial score (nSPS) is 14.2. The summed E-state index contributed by atoms with van der Waals surface area (Å²) in [6, 6.07) is 5.69. The Labute approximate surface area is 157 Å². The van der Waals surface area contributed by atoms with E-state index in [0.29, 0.717) is 13.2 Å². The van der Waals surface area contributed by atoms with Crippen LogP contribution in [-0.2, 0) is 14.3 Å². The topological polar surface area (TPSA) is 108 Å². The standard InChI is InChI=1S/C15H23ClN2O2.C2H2O4/c1-13-12-14(2-3-15(13)16)20-11-10-19-9-8-18-6-4-17-5-7-18;3-1(4)2(5)6/h2-3,12,17H,4-11H2,1H3;(H,3,4)(H,5,6). The zero-order valence-electron chi connectivity index (χ0n) is 14.7. The van der Waals surface area contributed by atoms with Gasteiger partial charge in [0, 0.05) is 37.7 Å². The van der Waals surface area contributed by atoms with E-state index >= 15 is 0 Å². The lowest BCUT2D eigenvalue weighted by atomic mass is 10.2. The van der Waals surface area contributed by atoms with Crippen LogP contribution in [0.4, 0.5) is 0 Å². The van der Waals surface area contributed by atoms with Crippen molar-refractivity contribution in [3.63, 3.8) is 0 Å². The Morgan fingerprint density at radius 2 is 1.81 bits per heavy atom. The maximum Gasteiger partial charge on any atom is 0.414 e. The quantitative estimate of drug-likeness (QED) is 0.471. The van der Waals surface area contributed by atoms with Crippen molar-refractivity contribution in [1.29, 1.82) is 0 Å². The Hall–Kier alpha value is -1.87. The molecule has 1 aromatic rings. The molecule has 26 heavy (non-hydrogen) atoms. The molecule has 0 unspecified atom stereocenters. The number of halogens is 1. The third-order valence-corrected chi connectivity index (χ3v) is 3.99. The van der Waals surface area contributed by atoms with Crippen molar-refractivity contribution in [2.45, 2.75) is 6.92 Å². The first-order valence-electron chi connectivity index (χ1n) is 8.26. The van der Waals surface area contributed by atoms with E-state index in [2.05, 4.69) is 10.2 Å². The fourth-order valence-corrected chi connectivity index (χ4v) is 2.27. The monoisotopic (exact) mass is 388 g/mol. The highest BCUT2D eigenvalue weighted by atomic mass is 35.5. The molecule has 0 bridgehead atoms. The number of hydrogen-bond acceptors (Lipinski definition) is 6. The lowest BCUT2D eigenvalue weighted by Gasteiger charge is -2.26. The molecule has 0 radical (unpaired) electrons. The largest absolute Gasteiger partial charge is 0.491 e. The highest BCUT2D eigenvalue weighted by Crippen LogP contribution is 2.20. The Balaban J connectivity index is 0.000000487. The maximum absolute atomic E-state index is 9.10. The molecule has 0 spiro atoms. The van der Waals surface area contributed by atoms with Gasteiger partial charge in [0.25, 0.3) is 0 Å². The number of piperazine rings is 1. The molecule has 1 aromatic carbocycles. The van der Waals surface area contributed by atoms with Gasteiger partial charge in [-0.3, -0.25) is 4.90 Å². The van der Waals surface area contributed by atoms with Crippen LogP contribution >= 0.6 is 11.6 Å². The molecule has 0 aliphatic carbocycles. The van der Waals surface area contributed by atoms with Crippen LogP contribution in [0.1, 0.15) is 5.56 Å². The summed E-state index contributed by atoms with van der Waals surface area (Å²) in [5.41, 5.74) is 1.03. The van der Waals surface area contributed by atoms with Gasteiger partial charge in [0.2, 0.25) is 0 Å². The summed E-state index contributed by atoms with van der Waals surface area (Å²) in [5.74, 6) is -2.80. The summed E-state index contributed by atoms with van der Waals surface area (Å²) >= 11 is 5.97. The van der Waals surface area contributed by atoms with Crippen LogP contribution < -0.4 is 10.1 Å². The van der Waals surface area contributed by atoms with Crippen LogP contribution in [0.15, 0.2) is 18.2 Å². The molecule has 0 aromatic heterocycles. The second kappa shape index (κ2) is 12.5. The lowest BCUT2D eigenvalue weighted by molar-refractivity contribution is -0.159. The number of ether oxygens (including phenoxy) is 2. The molecule has 1 fully saturated rings. The first-order valence-corrected chi connectivity index (χ1v) is 8.64. The highest BCUT2D eigenvalue weighted by Gasteiger charge is 2.08. The maximum atomic E-state index is 9.10. The first kappa shape index (κ1) is 22.2. The second-order valence-corrected chi connectivity index (χ2v) is 5.98. The van der Waals surface area contributed by atoms with Crippen LogP contribution in [0.3, 0.4) is 0 Å². The minimum atomic E-state index is -1.82. The zero-order valence-corrected chi connectivity index (χ0v) is 15.5. The second-order valence-electron chi connectivity index (χ2n) is 5.57. The molecule has 1 heterocycles. The number of rotatable bonds is 7. The van der Waals surface area contributed by atoms with E-state index in [-0.39, 0.29) is 0 Å². The number of aliphatic carboxylic acids is 2. The summed E-state index contributed by atoms with van der Waals surface area (Å²) in [5, 5.41) is 18.9. The molecule has 1 aliphatic heterocycles. The number of aryl methyl sites for hydroxylation is 1. The van der Waals surface area contributed by atoms with Gasteiger partial charge in [-0.2, -0.15) is 0 Å². The van der Waals surface area contributed by atoms with Crippen LogP contribution in [0.25, 0.3) is 0 Å². The summed E-state index contributed by atoms with van der Waals surface area (Å²) < 4.78 is 11.2. The Morgan fingerprint density at radius 3 is 2.38 bits per heavy atom. The number of carboxylic acid groups (broad SMARTS) is 2. The molecule has 0 atom stereocenters. The van der Waals surface area contributed by atoms with Gasteiger partial charge in [-0.25, -0.2) is 9.59 Å². The molecule has 146 valence electrons. The first-order chi connectivity index (χ1) is 12.4. The van der Waals surface area contributed by atoms with Gasteiger partial charge < -0.3 is 25.0 Å². The van der Waals surface area contributed by atoms with Gasteiger partial charge in [0.1, 0.15) is 12.4 Å². The molecule has 1 aliphatic rings. The van der Waals surface area contributed by atoms with Gasteiger partial charge in [0.15, 0.2) is 0 Å². The molecule has 9 heteroatoms. The Kier molecular flexibility index (Phi) is 10.6. The summed E-state index contributed by atoms with van der Waals surface area (Å²) in [6.45, 7) is 9.33. The van der Waals surface area contributed by atoms with Crippen molar-refractivity contribution in [3.05, 3.63) is 28.8 Å². The van der Waals surface area contributed by atoms with E-state index in [0.717, 1.165) is 55.7 Å². The van der Waals surface area contributed by atoms with Gasteiger partial charge in [-0.1, -0.05) is 11.6 Å². The number of nitrogens with one attached hydrogen (secondary N) is 1. The van der Waals surface area contributed by atoms with E-state index in [9.17, 15) is 0 Å². The van der Waals surface area contributed by atoms with Crippen molar-refractivity contribution in [2.24, 2.45) is 0 Å². The van der Waals surface area contributed by atoms with Crippen molar-refractivity contribution in [1.82, 2.24) is 10.2 Å². The van der Waals surface area contributed by atoms with E-state index in [4.69, 9.17) is 40.9 Å². The molecule has 2 rings (SSSR count). The number of hydrogen-bond donors (Lipinski definition) is 3. The van der Waals surface area contributed by atoms with E-state index < -0.39 is 11.9 Å². The molecular formula is C17H25ClN2O6. The number of carbonyl (C=O) groups is 2. The Bertz CT molecular complexity index is 566. The van der Waals surface area contributed by atoms with Crippen LogP contribution in [0.5, 0.6) is 5.75 Å². The fourth-order valence-electron chi connectivity index (χ4n) is 2.16. The average Bonchev–Trinajstić information content (AvgIpc) is 2.62. The molecule has 0 saturated carbocycles. The van der Waals surface area contributed by atoms with Crippen molar-refractivity contribution >= 4 is 23.5 Å². The predicted molar refractivity (Wildman–Crippen MR) is 97.1 cm³/mol. The summed E-state index contributed by atoms with van der Waals surface area (Å²) in [6.07, 6.45) is 0. The SMILES string of the molecule is Cc1cc(OCCOCCN2CCNCC2)ccc1Cl.O=C(O)C(=O)O. The van der Waals surface area contributed by atoms with Gasteiger partial charge in [-0.05, 0) is 30.7 Å². The van der Waals surface area contributed by atoms with Crippen molar-refractivity contribution < 1.29 is 29.3 Å². The highest BCUT2D eigenvalue weighted by molar-refractivity contribution is 6.31. The van der Waals surface area contributed by atoms with Gasteiger partial charge >= 0.3 is 11.9 Å². The number of nitrogens with zero attached hydrogens (tertiary/aromatic N) is 1. The number of benzene rings is 1. The summed E-state index contributed by atoms with van der Waals surface area (Å²) in [4.78, 5) is 20.6.